The van der Waals surface area contributed by atoms with E-state index in [2.05, 4.69) is 28.2 Å². The van der Waals surface area contributed by atoms with E-state index in [1.54, 1.807) is 23.9 Å². The lowest BCUT2D eigenvalue weighted by Crippen LogP contribution is -2.29. The van der Waals surface area contributed by atoms with Crippen LogP contribution in [0.5, 0.6) is 5.75 Å². The Labute approximate surface area is 114 Å². The predicted octanol–water partition coefficient (Wildman–Crippen LogP) is 2.88. The number of carbonyl (C=O) groups is 1. The number of hydrogen-bond acceptors (Lipinski definition) is 3. The molecule has 0 radical (unpaired) electrons. The highest BCUT2D eigenvalue weighted by Gasteiger charge is 2.11. The van der Waals surface area contributed by atoms with Crippen LogP contribution in [0.15, 0.2) is 22.7 Å². The van der Waals surface area contributed by atoms with Gasteiger partial charge in [0.1, 0.15) is 5.75 Å². The Hall–Kier alpha value is -0.680. The van der Waals surface area contributed by atoms with Crippen LogP contribution in [-0.4, -0.2) is 29.6 Å². The third kappa shape index (κ3) is 4.60. The van der Waals surface area contributed by atoms with Crippen molar-refractivity contribution in [2.24, 2.45) is 5.92 Å². The molecule has 0 fully saturated rings. The van der Waals surface area contributed by atoms with E-state index in [4.69, 9.17) is 0 Å². The molecule has 0 spiro atoms. The van der Waals surface area contributed by atoms with Gasteiger partial charge in [0.2, 0.25) is 0 Å². The van der Waals surface area contributed by atoms with Crippen molar-refractivity contribution < 1.29 is 9.90 Å². The molecule has 1 atom stereocenters. The van der Waals surface area contributed by atoms with Crippen LogP contribution in [0.3, 0.4) is 0 Å². The highest BCUT2D eigenvalue weighted by molar-refractivity contribution is 9.10. The molecular formula is C12H16BrNO2S. The first-order valence-electron chi connectivity index (χ1n) is 5.30. The van der Waals surface area contributed by atoms with Crippen LogP contribution in [0.25, 0.3) is 0 Å². The van der Waals surface area contributed by atoms with E-state index < -0.39 is 0 Å². The van der Waals surface area contributed by atoms with Gasteiger partial charge >= 0.3 is 0 Å². The number of amides is 1. The number of aromatic hydroxyl groups is 1. The van der Waals surface area contributed by atoms with Crippen LogP contribution in [0.2, 0.25) is 0 Å². The molecular weight excluding hydrogens is 302 g/mol. The van der Waals surface area contributed by atoms with Crippen molar-refractivity contribution in [3.63, 3.8) is 0 Å². The fourth-order valence-corrected chi connectivity index (χ4v) is 2.44. The van der Waals surface area contributed by atoms with E-state index in [1.165, 1.54) is 6.07 Å². The topological polar surface area (TPSA) is 49.3 Å². The molecule has 5 heteroatoms. The van der Waals surface area contributed by atoms with Crippen LogP contribution in [-0.2, 0) is 0 Å². The van der Waals surface area contributed by atoms with Crippen LogP contribution < -0.4 is 5.32 Å². The molecule has 1 amide bonds. The number of hydrogen-bond donors (Lipinski definition) is 2. The van der Waals surface area contributed by atoms with Gasteiger partial charge in [-0.3, -0.25) is 4.79 Å². The summed E-state index contributed by atoms with van der Waals surface area (Å²) in [4.78, 5) is 11.8. The van der Waals surface area contributed by atoms with E-state index in [9.17, 15) is 9.90 Å². The molecule has 3 nitrogen and oxygen atoms in total. The zero-order valence-corrected chi connectivity index (χ0v) is 12.3. The third-order valence-electron chi connectivity index (χ3n) is 2.27. The average molecular weight is 318 g/mol. The smallest absolute Gasteiger partial charge is 0.255 e. The molecule has 1 aromatic carbocycles. The minimum atomic E-state index is -0.233. The lowest BCUT2D eigenvalue weighted by molar-refractivity contribution is 0.0946. The Morgan fingerprint density at radius 1 is 1.59 bits per heavy atom. The van der Waals surface area contributed by atoms with Crippen molar-refractivity contribution in [3.05, 3.63) is 28.2 Å². The van der Waals surface area contributed by atoms with Gasteiger partial charge in [-0.2, -0.15) is 11.8 Å². The van der Waals surface area contributed by atoms with Crippen LogP contribution in [0.4, 0.5) is 0 Å². The average Bonchev–Trinajstić information content (AvgIpc) is 2.26. The molecule has 2 N–H and O–H groups in total. The van der Waals surface area contributed by atoms with E-state index in [0.29, 0.717) is 18.0 Å². The molecule has 0 aliphatic carbocycles. The molecule has 17 heavy (non-hydrogen) atoms. The first kappa shape index (κ1) is 14.4. The second kappa shape index (κ2) is 6.91. The number of phenols is 1. The Morgan fingerprint density at radius 3 is 2.88 bits per heavy atom. The SMILES string of the molecule is CSCC(C)CNC(=O)c1ccc(Br)cc1O. The van der Waals surface area contributed by atoms with Crippen LogP contribution in [0, 0.1) is 5.92 Å². The first-order chi connectivity index (χ1) is 8.04. The summed E-state index contributed by atoms with van der Waals surface area (Å²) in [6.07, 6.45) is 2.04. The number of thioether (sulfide) groups is 1. The second-order valence-electron chi connectivity index (χ2n) is 3.93. The molecule has 0 aliphatic rings. The Kier molecular flexibility index (Phi) is 5.85. The molecule has 0 aliphatic heterocycles. The summed E-state index contributed by atoms with van der Waals surface area (Å²) in [5, 5.41) is 12.5. The summed E-state index contributed by atoms with van der Waals surface area (Å²) < 4.78 is 0.752. The van der Waals surface area contributed by atoms with Gasteiger partial charge in [-0.05, 0) is 36.1 Å². The summed E-state index contributed by atoms with van der Waals surface area (Å²) in [7, 11) is 0. The fraction of sp³-hybridized carbons (Fsp3) is 0.417. The predicted molar refractivity (Wildman–Crippen MR) is 75.7 cm³/mol. The van der Waals surface area contributed by atoms with Gasteiger partial charge in [0.25, 0.3) is 5.91 Å². The van der Waals surface area contributed by atoms with Gasteiger partial charge in [-0.1, -0.05) is 22.9 Å². The normalized spacial score (nSPS) is 12.2. The maximum Gasteiger partial charge on any atom is 0.255 e. The quantitative estimate of drug-likeness (QED) is 0.878. The standard InChI is InChI=1S/C12H16BrNO2S/c1-8(7-17-2)6-14-12(16)10-4-3-9(13)5-11(10)15/h3-5,8,15H,6-7H2,1-2H3,(H,14,16). The van der Waals surface area contributed by atoms with E-state index in [1.807, 2.05) is 6.26 Å². The minimum Gasteiger partial charge on any atom is -0.507 e. The number of halogens is 1. The van der Waals surface area contributed by atoms with Gasteiger partial charge < -0.3 is 10.4 Å². The lowest BCUT2D eigenvalue weighted by atomic mass is 10.1. The van der Waals surface area contributed by atoms with Gasteiger partial charge in [0.05, 0.1) is 5.56 Å². The summed E-state index contributed by atoms with van der Waals surface area (Å²) in [5.74, 6) is 1.19. The molecule has 0 heterocycles. The van der Waals surface area contributed by atoms with Crippen molar-refractivity contribution in [1.29, 1.82) is 0 Å². The molecule has 0 aromatic heterocycles. The maximum absolute atomic E-state index is 11.8. The van der Waals surface area contributed by atoms with Crippen molar-refractivity contribution in [1.82, 2.24) is 5.32 Å². The van der Waals surface area contributed by atoms with Crippen molar-refractivity contribution in [2.45, 2.75) is 6.92 Å². The monoisotopic (exact) mass is 317 g/mol. The molecule has 1 aromatic rings. The van der Waals surface area contributed by atoms with E-state index >= 15 is 0 Å². The Morgan fingerprint density at radius 2 is 2.29 bits per heavy atom. The highest BCUT2D eigenvalue weighted by atomic mass is 79.9. The number of rotatable bonds is 5. The van der Waals surface area contributed by atoms with Gasteiger partial charge in [-0.15, -0.1) is 0 Å². The van der Waals surface area contributed by atoms with Crippen LogP contribution >= 0.6 is 27.7 Å². The minimum absolute atomic E-state index is 0.00519. The summed E-state index contributed by atoms with van der Waals surface area (Å²) >= 11 is 4.99. The number of nitrogens with one attached hydrogen (secondary N) is 1. The molecule has 0 saturated carbocycles. The molecule has 0 bridgehead atoms. The number of benzene rings is 1. The maximum atomic E-state index is 11.8. The Bertz CT molecular complexity index is 398. The lowest BCUT2D eigenvalue weighted by Gasteiger charge is -2.11. The largest absolute Gasteiger partial charge is 0.507 e. The zero-order valence-electron chi connectivity index (χ0n) is 9.87. The molecule has 94 valence electrons. The summed E-state index contributed by atoms with van der Waals surface area (Å²) in [6.45, 7) is 2.70. The van der Waals surface area contributed by atoms with Crippen LogP contribution in [0.1, 0.15) is 17.3 Å². The van der Waals surface area contributed by atoms with Crippen molar-refractivity contribution in [3.8, 4) is 5.75 Å². The third-order valence-corrected chi connectivity index (χ3v) is 3.66. The second-order valence-corrected chi connectivity index (χ2v) is 5.76. The summed E-state index contributed by atoms with van der Waals surface area (Å²) in [5.41, 5.74) is 0.310. The van der Waals surface area contributed by atoms with Gasteiger partial charge in [0.15, 0.2) is 0 Å². The number of carbonyl (C=O) groups excluding carboxylic acids is 1. The molecule has 1 rings (SSSR count). The van der Waals surface area contributed by atoms with E-state index in [0.717, 1.165) is 10.2 Å². The van der Waals surface area contributed by atoms with Gasteiger partial charge in [0, 0.05) is 11.0 Å². The van der Waals surface area contributed by atoms with E-state index in [-0.39, 0.29) is 11.7 Å². The molecule has 1 unspecified atom stereocenters. The summed E-state index contributed by atoms with van der Waals surface area (Å²) in [6, 6.07) is 4.86. The first-order valence-corrected chi connectivity index (χ1v) is 7.49. The fourth-order valence-electron chi connectivity index (χ4n) is 1.40. The molecule has 0 saturated heterocycles. The Balaban J connectivity index is 2.58. The van der Waals surface area contributed by atoms with Crippen molar-refractivity contribution >= 4 is 33.6 Å². The zero-order chi connectivity index (χ0) is 12.8. The number of phenolic OH excluding ortho intramolecular Hbond substituents is 1. The van der Waals surface area contributed by atoms with Gasteiger partial charge in [-0.25, -0.2) is 0 Å². The van der Waals surface area contributed by atoms with Crippen molar-refractivity contribution in [2.75, 3.05) is 18.6 Å². The highest BCUT2D eigenvalue weighted by Crippen LogP contribution is 2.22.